The van der Waals surface area contributed by atoms with Crippen molar-refractivity contribution in [2.45, 2.75) is 32.0 Å². The number of hydrogen-bond donors (Lipinski definition) is 3. The molecule has 4 rings (SSSR count). The summed E-state index contributed by atoms with van der Waals surface area (Å²) in [6, 6.07) is 0.989. The first-order valence-corrected chi connectivity index (χ1v) is 7.34. The summed E-state index contributed by atoms with van der Waals surface area (Å²) in [4.78, 5) is 49.2. The van der Waals surface area contributed by atoms with Gasteiger partial charge in [0.15, 0.2) is 0 Å². The number of rotatable bonds is 1. The van der Waals surface area contributed by atoms with Crippen molar-refractivity contribution < 1.29 is 19.2 Å². The molecule has 0 spiro atoms. The van der Waals surface area contributed by atoms with Crippen molar-refractivity contribution in [1.29, 1.82) is 0 Å². The monoisotopic (exact) mass is 314 g/mol. The number of piperidine rings is 1. The third kappa shape index (κ3) is 1.84. The minimum absolute atomic E-state index is 0.173. The SMILES string of the molecule is Nc1c2c(cc3c1C(=O)NC3)C(=O)N(C1CCC(=O)NC1=O)C2. The number of imide groups is 1. The number of nitrogens with two attached hydrogens (primary N) is 1. The van der Waals surface area contributed by atoms with E-state index >= 15 is 0 Å². The summed E-state index contributed by atoms with van der Waals surface area (Å²) in [6.45, 7) is 0.518. The molecule has 1 aromatic carbocycles. The van der Waals surface area contributed by atoms with Crippen LogP contribution < -0.4 is 16.4 Å². The first-order valence-electron chi connectivity index (χ1n) is 7.34. The van der Waals surface area contributed by atoms with E-state index in [4.69, 9.17) is 5.73 Å². The van der Waals surface area contributed by atoms with Crippen LogP contribution >= 0.6 is 0 Å². The third-order valence-electron chi connectivity index (χ3n) is 4.63. The Morgan fingerprint density at radius 1 is 1.22 bits per heavy atom. The van der Waals surface area contributed by atoms with Crippen LogP contribution in [0.1, 0.15) is 44.7 Å². The summed E-state index contributed by atoms with van der Waals surface area (Å²) in [5.74, 6) is -1.33. The lowest BCUT2D eigenvalue weighted by molar-refractivity contribution is -0.136. The third-order valence-corrected chi connectivity index (χ3v) is 4.63. The van der Waals surface area contributed by atoms with Gasteiger partial charge in [-0.3, -0.25) is 24.5 Å². The molecule has 118 valence electrons. The lowest BCUT2D eigenvalue weighted by atomic mass is 9.99. The standard InChI is InChI=1S/C15H14N4O4/c16-12-8-5-19(9-1-2-10(20)18-13(9)21)15(23)7(8)3-6-4-17-14(22)11(6)12/h3,9H,1-2,4-5,16H2,(H,17,22)(H,18,20,21). The van der Waals surface area contributed by atoms with Gasteiger partial charge in [-0.1, -0.05) is 0 Å². The second-order valence-corrected chi connectivity index (χ2v) is 5.93. The molecule has 3 aliphatic heterocycles. The predicted molar refractivity (Wildman–Crippen MR) is 78.1 cm³/mol. The number of anilines is 1. The molecule has 0 bridgehead atoms. The molecular weight excluding hydrogens is 300 g/mol. The molecule has 0 radical (unpaired) electrons. The summed E-state index contributed by atoms with van der Waals surface area (Å²) >= 11 is 0. The quantitative estimate of drug-likeness (QED) is 0.466. The summed E-state index contributed by atoms with van der Waals surface area (Å²) in [6.07, 6.45) is 0.495. The molecule has 1 unspecified atom stereocenters. The van der Waals surface area contributed by atoms with Gasteiger partial charge in [0, 0.05) is 30.6 Å². The van der Waals surface area contributed by atoms with E-state index in [2.05, 4.69) is 10.6 Å². The molecule has 23 heavy (non-hydrogen) atoms. The number of fused-ring (bicyclic) bond motifs is 2. The van der Waals surface area contributed by atoms with Crippen LogP contribution in [-0.2, 0) is 22.7 Å². The Hall–Kier alpha value is -2.90. The van der Waals surface area contributed by atoms with Crippen molar-refractivity contribution in [3.05, 3.63) is 28.3 Å². The fourth-order valence-electron chi connectivity index (χ4n) is 3.46. The zero-order valence-electron chi connectivity index (χ0n) is 12.1. The van der Waals surface area contributed by atoms with Crippen LogP contribution in [0.4, 0.5) is 5.69 Å². The van der Waals surface area contributed by atoms with Crippen LogP contribution in [0.15, 0.2) is 6.07 Å². The summed E-state index contributed by atoms with van der Waals surface area (Å²) in [7, 11) is 0. The molecule has 1 saturated heterocycles. The number of nitrogens with zero attached hydrogens (tertiary/aromatic N) is 1. The minimum Gasteiger partial charge on any atom is -0.398 e. The van der Waals surface area contributed by atoms with Crippen molar-refractivity contribution >= 4 is 29.3 Å². The molecule has 1 aromatic rings. The Kier molecular flexibility index (Phi) is 2.72. The molecule has 4 amide bonds. The fourth-order valence-corrected chi connectivity index (χ4v) is 3.46. The molecule has 1 fully saturated rings. The van der Waals surface area contributed by atoms with E-state index in [1.54, 1.807) is 6.07 Å². The van der Waals surface area contributed by atoms with Gasteiger partial charge in [0.2, 0.25) is 11.8 Å². The number of carbonyl (C=O) groups is 4. The van der Waals surface area contributed by atoms with E-state index in [-0.39, 0.29) is 30.7 Å². The summed E-state index contributed by atoms with van der Waals surface area (Å²) in [5.41, 5.74) is 8.52. The van der Waals surface area contributed by atoms with Crippen LogP contribution in [0, 0.1) is 0 Å². The molecule has 0 aliphatic carbocycles. The van der Waals surface area contributed by atoms with Crippen molar-refractivity contribution in [3.63, 3.8) is 0 Å². The van der Waals surface area contributed by atoms with E-state index in [0.717, 1.165) is 0 Å². The number of hydrogen-bond acceptors (Lipinski definition) is 5. The van der Waals surface area contributed by atoms with Gasteiger partial charge in [0.1, 0.15) is 6.04 Å². The highest BCUT2D eigenvalue weighted by Crippen LogP contribution is 2.36. The largest absolute Gasteiger partial charge is 0.398 e. The highest BCUT2D eigenvalue weighted by atomic mass is 16.2. The Morgan fingerprint density at radius 2 is 2.00 bits per heavy atom. The first-order chi connectivity index (χ1) is 11.0. The molecule has 4 N–H and O–H groups in total. The van der Waals surface area contributed by atoms with Gasteiger partial charge in [0.05, 0.1) is 11.3 Å². The van der Waals surface area contributed by atoms with Crippen molar-refractivity contribution in [2.24, 2.45) is 0 Å². The number of benzene rings is 1. The molecule has 3 heterocycles. The highest BCUT2D eigenvalue weighted by Gasteiger charge is 2.41. The zero-order valence-corrected chi connectivity index (χ0v) is 12.1. The number of nitrogens with one attached hydrogen (secondary N) is 2. The minimum atomic E-state index is -0.685. The maximum absolute atomic E-state index is 12.7. The molecule has 8 heteroatoms. The van der Waals surface area contributed by atoms with Crippen LogP contribution in [0.2, 0.25) is 0 Å². The Balaban J connectivity index is 1.72. The van der Waals surface area contributed by atoms with Gasteiger partial charge in [-0.15, -0.1) is 0 Å². The topological polar surface area (TPSA) is 122 Å². The molecule has 0 aromatic heterocycles. The molecule has 3 aliphatic rings. The van der Waals surface area contributed by atoms with Gasteiger partial charge in [-0.2, -0.15) is 0 Å². The Labute approximate surface area is 131 Å². The number of nitrogen functional groups attached to an aromatic ring is 1. The van der Waals surface area contributed by atoms with Gasteiger partial charge >= 0.3 is 0 Å². The van der Waals surface area contributed by atoms with Gasteiger partial charge in [0.25, 0.3) is 11.8 Å². The zero-order chi connectivity index (χ0) is 16.3. The first kappa shape index (κ1) is 13.7. The lowest BCUT2D eigenvalue weighted by Gasteiger charge is -2.29. The van der Waals surface area contributed by atoms with Gasteiger partial charge < -0.3 is 16.0 Å². The maximum atomic E-state index is 12.7. The normalized spacial score (nSPS) is 22.8. The van der Waals surface area contributed by atoms with Crippen LogP contribution in [-0.4, -0.2) is 34.6 Å². The van der Waals surface area contributed by atoms with Crippen molar-refractivity contribution in [3.8, 4) is 0 Å². The van der Waals surface area contributed by atoms with Crippen molar-refractivity contribution in [1.82, 2.24) is 15.5 Å². The Morgan fingerprint density at radius 3 is 2.74 bits per heavy atom. The lowest BCUT2D eigenvalue weighted by Crippen LogP contribution is -2.52. The maximum Gasteiger partial charge on any atom is 0.255 e. The predicted octanol–water partition coefficient (Wildman–Crippen LogP) is -0.727. The van der Waals surface area contributed by atoms with Crippen molar-refractivity contribution in [2.75, 3.05) is 5.73 Å². The van der Waals surface area contributed by atoms with E-state index in [1.807, 2.05) is 0 Å². The van der Waals surface area contributed by atoms with Crippen LogP contribution in [0.5, 0.6) is 0 Å². The van der Waals surface area contributed by atoms with Crippen LogP contribution in [0.3, 0.4) is 0 Å². The van der Waals surface area contributed by atoms with Gasteiger partial charge in [-0.05, 0) is 18.1 Å². The molecule has 8 nitrogen and oxygen atoms in total. The number of amides is 4. The fraction of sp³-hybridized carbons (Fsp3) is 0.333. The molecular formula is C15H14N4O4. The second kappa shape index (κ2) is 4.55. The van der Waals surface area contributed by atoms with E-state index in [1.165, 1.54) is 4.90 Å². The van der Waals surface area contributed by atoms with Crippen LogP contribution in [0.25, 0.3) is 0 Å². The average Bonchev–Trinajstić information content (AvgIpc) is 3.02. The van der Waals surface area contributed by atoms with Gasteiger partial charge in [-0.25, -0.2) is 0 Å². The van der Waals surface area contributed by atoms with E-state index in [0.29, 0.717) is 40.9 Å². The Bertz CT molecular complexity index is 801. The van der Waals surface area contributed by atoms with E-state index < -0.39 is 11.9 Å². The molecule has 1 atom stereocenters. The summed E-state index contributed by atoms with van der Waals surface area (Å²) < 4.78 is 0. The molecule has 0 saturated carbocycles. The average molecular weight is 314 g/mol. The highest BCUT2D eigenvalue weighted by molar-refractivity contribution is 6.10. The summed E-state index contributed by atoms with van der Waals surface area (Å²) in [5, 5.41) is 4.94. The number of carbonyl (C=O) groups excluding carboxylic acids is 4. The van der Waals surface area contributed by atoms with E-state index in [9.17, 15) is 19.2 Å². The smallest absolute Gasteiger partial charge is 0.255 e. The second-order valence-electron chi connectivity index (χ2n) is 5.93.